The van der Waals surface area contributed by atoms with Gasteiger partial charge in [0.1, 0.15) is 0 Å². The molecule has 1 amide bonds. The number of thiophene rings is 1. The van der Waals surface area contributed by atoms with Gasteiger partial charge in [-0.1, -0.05) is 11.8 Å². The molecule has 1 unspecified atom stereocenters. The molecule has 0 aliphatic carbocycles. The van der Waals surface area contributed by atoms with Crippen LogP contribution in [0.3, 0.4) is 0 Å². The van der Waals surface area contributed by atoms with E-state index in [0.29, 0.717) is 19.4 Å². The number of aliphatic hydroxyl groups is 1. The van der Waals surface area contributed by atoms with Crippen molar-refractivity contribution >= 4 is 17.2 Å². The number of ether oxygens (including phenoxy) is 1. The van der Waals surface area contributed by atoms with Gasteiger partial charge >= 0.3 is 0 Å². The van der Waals surface area contributed by atoms with Crippen molar-refractivity contribution in [2.45, 2.75) is 38.3 Å². The number of amides is 1. The van der Waals surface area contributed by atoms with Crippen LogP contribution < -0.4 is 0 Å². The van der Waals surface area contributed by atoms with Crippen LogP contribution in [0, 0.1) is 11.8 Å². The number of carbonyl (C=O) groups excluding carboxylic acids is 1. The van der Waals surface area contributed by atoms with E-state index in [2.05, 4.69) is 11.8 Å². The lowest BCUT2D eigenvalue weighted by molar-refractivity contribution is -0.132. The Bertz CT molecular complexity index is 523. The van der Waals surface area contributed by atoms with Crippen LogP contribution in [-0.4, -0.2) is 42.3 Å². The summed E-state index contributed by atoms with van der Waals surface area (Å²) in [5.74, 6) is 6.04. The van der Waals surface area contributed by atoms with E-state index in [-0.39, 0.29) is 18.6 Å². The summed E-state index contributed by atoms with van der Waals surface area (Å²) in [7, 11) is 1.83. The molecule has 0 radical (unpaired) electrons. The SMILES string of the molecule is CN(Cc1csc(C#CCCO)c1)C(=O)CC1CCCO1. The topological polar surface area (TPSA) is 49.8 Å². The molecule has 0 spiro atoms. The van der Waals surface area contributed by atoms with Gasteiger partial charge in [0.2, 0.25) is 5.91 Å². The van der Waals surface area contributed by atoms with Crippen LogP contribution in [0.25, 0.3) is 0 Å². The number of aliphatic hydroxyl groups excluding tert-OH is 1. The van der Waals surface area contributed by atoms with Crippen molar-refractivity contribution in [1.82, 2.24) is 4.90 Å². The third kappa shape index (κ3) is 5.16. The van der Waals surface area contributed by atoms with Crippen molar-refractivity contribution in [1.29, 1.82) is 0 Å². The van der Waals surface area contributed by atoms with Gasteiger partial charge in [0, 0.05) is 26.6 Å². The minimum Gasteiger partial charge on any atom is -0.395 e. The van der Waals surface area contributed by atoms with Crippen molar-refractivity contribution in [3.63, 3.8) is 0 Å². The Labute approximate surface area is 129 Å². The van der Waals surface area contributed by atoms with Gasteiger partial charge in [-0.2, -0.15) is 0 Å². The first-order chi connectivity index (χ1) is 10.2. The Morgan fingerprint density at radius 2 is 2.48 bits per heavy atom. The smallest absolute Gasteiger partial charge is 0.225 e. The average Bonchev–Trinajstić information content (AvgIpc) is 3.11. The molecule has 1 N–H and O–H groups in total. The van der Waals surface area contributed by atoms with E-state index in [4.69, 9.17) is 9.84 Å². The minimum absolute atomic E-state index is 0.0890. The normalized spacial score (nSPS) is 17.3. The fraction of sp³-hybridized carbons (Fsp3) is 0.562. The summed E-state index contributed by atoms with van der Waals surface area (Å²) in [5, 5.41) is 10.7. The lowest BCUT2D eigenvalue weighted by atomic mass is 10.1. The van der Waals surface area contributed by atoms with Gasteiger partial charge < -0.3 is 14.7 Å². The zero-order chi connectivity index (χ0) is 15.1. The van der Waals surface area contributed by atoms with Crippen LogP contribution in [0.2, 0.25) is 0 Å². The summed E-state index contributed by atoms with van der Waals surface area (Å²) < 4.78 is 5.50. The van der Waals surface area contributed by atoms with Crippen molar-refractivity contribution in [2.24, 2.45) is 0 Å². The van der Waals surface area contributed by atoms with Gasteiger partial charge in [-0.15, -0.1) is 11.3 Å². The zero-order valence-electron chi connectivity index (χ0n) is 12.3. The summed E-state index contributed by atoms with van der Waals surface area (Å²) in [4.78, 5) is 14.8. The molecule has 1 aliphatic heterocycles. The molecule has 1 atom stereocenters. The number of rotatable bonds is 5. The van der Waals surface area contributed by atoms with E-state index in [1.807, 2.05) is 18.5 Å². The summed E-state index contributed by atoms with van der Waals surface area (Å²) in [6.07, 6.45) is 3.11. The molecule has 21 heavy (non-hydrogen) atoms. The third-order valence-corrected chi connectivity index (χ3v) is 4.27. The number of hydrogen-bond donors (Lipinski definition) is 1. The van der Waals surface area contributed by atoms with Crippen LogP contribution in [0.15, 0.2) is 11.4 Å². The summed E-state index contributed by atoms with van der Waals surface area (Å²) in [6, 6.07) is 2.00. The first kappa shape index (κ1) is 16.0. The fourth-order valence-corrected chi connectivity index (χ4v) is 3.02. The van der Waals surface area contributed by atoms with E-state index >= 15 is 0 Å². The Hall–Kier alpha value is -1.35. The maximum atomic E-state index is 12.1. The van der Waals surface area contributed by atoms with Crippen molar-refractivity contribution < 1.29 is 14.6 Å². The predicted molar refractivity (Wildman–Crippen MR) is 83.0 cm³/mol. The second-order valence-electron chi connectivity index (χ2n) is 5.18. The molecule has 1 aromatic rings. The second kappa shape index (κ2) is 8.18. The molecule has 2 heterocycles. The molecule has 0 bridgehead atoms. The molecule has 1 fully saturated rings. The van der Waals surface area contributed by atoms with Crippen molar-refractivity contribution in [2.75, 3.05) is 20.3 Å². The molecule has 5 heteroatoms. The highest BCUT2D eigenvalue weighted by Gasteiger charge is 2.21. The molecule has 1 aromatic heterocycles. The van der Waals surface area contributed by atoms with Crippen LogP contribution in [0.5, 0.6) is 0 Å². The molecule has 114 valence electrons. The van der Waals surface area contributed by atoms with Gasteiger partial charge in [0.15, 0.2) is 0 Å². The fourth-order valence-electron chi connectivity index (χ4n) is 2.25. The highest BCUT2D eigenvalue weighted by atomic mass is 32.1. The van der Waals surface area contributed by atoms with Crippen molar-refractivity contribution in [3.8, 4) is 11.8 Å². The van der Waals surface area contributed by atoms with Gasteiger partial charge in [-0.3, -0.25) is 4.79 Å². The second-order valence-corrected chi connectivity index (χ2v) is 6.09. The highest BCUT2D eigenvalue weighted by molar-refractivity contribution is 7.10. The van der Waals surface area contributed by atoms with Crippen LogP contribution in [-0.2, 0) is 16.1 Å². The quantitative estimate of drug-likeness (QED) is 0.847. The van der Waals surface area contributed by atoms with E-state index < -0.39 is 0 Å². The lowest BCUT2D eigenvalue weighted by Gasteiger charge is -2.18. The molecular formula is C16H21NO3S. The van der Waals surface area contributed by atoms with Gasteiger partial charge in [0.05, 0.1) is 24.0 Å². The summed E-state index contributed by atoms with van der Waals surface area (Å²) >= 11 is 1.57. The van der Waals surface area contributed by atoms with Gasteiger partial charge in [-0.05, 0) is 29.9 Å². The number of nitrogens with zero attached hydrogens (tertiary/aromatic N) is 1. The number of hydrogen-bond acceptors (Lipinski definition) is 4. The van der Waals surface area contributed by atoms with Crippen LogP contribution >= 0.6 is 11.3 Å². The molecule has 1 aliphatic rings. The van der Waals surface area contributed by atoms with Crippen LogP contribution in [0.1, 0.15) is 36.1 Å². The van der Waals surface area contributed by atoms with Crippen LogP contribution in [0.4, 0.5) is 0 Å². The van der Waals surface area contributed by atoms with Gasteiger partial charge in [-0.25, -0.2) is 0 Å². The average molecular weight is 307 g/mol. The Kier molecular flexibility index (Phi) is 6.24. The molecule has 4 nitrogen and oxygen atoms in total. The standard InChI is InChI=1S/C16H21NO3S/c1-17(16(19)10-14-5-4-8-20-14)11-13-9-15(21-12-13)6-2-3-7-18/h9,12,14,18H,3-5,7-8,10-11H2,1H3. The Morgan fingerprint density at radius 3 is 3.19 bits per heavy atom. The van der Waals surface area contributed by atoms with Crippen molar-refractivity contribution in [3.05, 3.63) is 21.9 Å². The molecule has 2 rings (SSSR count). The largest absolute Gasteiger partial charge is 0.395 e. The Morgan fingerprint density at radius 1 is 1.62 bits per heavy atom. The Balaban J connectivity index is 1.83. The maximum Gasteiger partial charge on any atom is 0.225 e. The first-order valence-corrected chi connectivity index (χ1v) is 8.09. The molecule has 0 saturated carbocycles. The summed E-state index contributed by atoms with van der Waals surface area (Å²) in [6.45, 7) is 1.47. The zero-order valence-corrected chi connectivity index (χ0v) is 13.1. The maximum absolute atomic E-state index is 12.1. The lowest BCUT2D eigenvalue weighted by Crippen LogP contribution is -2.29. The molecule has 0 aromatic carbocycles. The first-order valence-electron chi connectivity index (χ1n) is 7.21. The van der Waals surface area contributed by atoms with E-state index in [9.17, 15) is 4.79 Å². The minimum atomic E-state index is 0.0890. The van der Waals surface area contributed by atoms with E-state index in [0.717, 1.165) is 29.9 Å². The predicted octanol–water partition coefficient (Wildman–Crippen LogP) is 2.01. The third-order valence-electron chi connectivity index (χ3n) is 3.37. The molecular weight excluding hydrogens is 286 g/mol. The summed E-state index contributed by atoms with van der Waals surface area (Å²) in [5.41, 5.74) is 1.09. The monoisotopic (exact) mass is 307 g/mol. The van der Waals surface area contributed by atoms with Gasteiger partial charge in [0.25, 0.3) is 0 Å². The van der Waals surface area contributed by atoms with E-state index in [1.54, 1.807) is 16.2 Å². The number of carbonyl (C=O) groups is 1. The highest BCUT2D eigenvalue weighted by Crippen LogP contribution is 2.18. The van der Waals surface area contributed by atoms with E-state index in [1.165, 1.54) is 0 Å². The molecule has 1 saturated heterocycles.